The molecule has 3 fully saturated rings. The van der Waals surface area contributed by atoms with Crippen molar-refractivity contribution in [1.82, 2.24) is 5.32 Å². The van der Waals surface area contributed by atoms with Crippen LogP contribution in [-0.2, 0) is 4.79 Å². The fraction of sp³-hybridized carbons (Fsp3) is 0.909. The van der Waals surface area contributed by atoms with E-state index in [0.717, 1.165) is 5.92 Å². The molecule has 0 radical (unpaired) electrons. The Kier molecular flexibility index (Phi) is 1.50. The number of amides is 1. The quantitative estimate of drug-likeness (QED) is 0.600. The van der Waals surface area contributed by atoms with Gasteiger partial charge in [0.2, 0.25) is 5.91 Å². The molecule has 3 aliphatic rings. The number of rotatable bonds is 0. The first-order valence-electron chi connectivity index (χ1n) is 5.59. The molecule has 5 atom stereocenters. The molecule has 2 heteroatoms. The minimum atomic E-state index is 0.361. The maximum Gasteiger partial charge on any atom is 0.223 e. The minimum absolute atomic E-state index is 0.361. The zero-order valence-corrected chi connectivity index (χ0v) is 8.12. The van der Waals surface area contributed by atoms with Crippen LogP contribution >= 0.6 is 0 Å². The van der Waals surface area contributed by atoms with Crippen LogP contribution in [0.15, 0.2) is 0 Å². The van der Waals surface area contributed by atoms with Crippen molar-refractivity contribution in [3.8, 4) is 0 Å². The van der Waals surface area contributed by atoms with E-state index in [1.54, 1.807) is 0 Å². The molecule has 4 unspecified atom stereocenters. The van der Waals surface area contributed by atoms with Crippen molar-refractivity contribution in [3.63, 3.8) is 0 Å². The summed E-state index contributed by atoms with van der Waals surface area (Å²) in [7, 11) is 0. The Morgan fingerprint density at radius 3 is 2.69 bits per heavy atom. The standard InChI is InChI=1S/C11H17NO/c1-6-7-4-2-3-5-8-9(7)11(13)12-10(6)8/h6-10H,2-5H2,1H3,(H,12,13)/t6?,7?,8?,9?,10-/m0/s1. The zero-order valence-electron chi connectivity index (χ0n) is 8.12. The summed E-state index contributed by atoms with van der Waals surface area (Å²) in [6.45, 7) is 2.33. The van der Waals surface area contributed by atoms with Crippen molar-refractivity contribution >= 4 is 5.91 Å². The van der Waals surface area contributed by atoms with Gasteiger partial charge in [0.15, 0.2) is 0 Å². The monoisotopic (exact) mass is 179 g/mol. The average molecular weight is 179 g/mol. The Hall–Kier alpha value is -0.530. The number of hydrogen-bond acceptors (Lipinski definition) is 1. The smallest absolute Gasteiger partial charge is 0.223 e. The van der Waals surface area contributed by atoms with E-state index in [4.69, 9.17) is 0 Å². The fourth-order valence-corrected chi connectivity index (χ4v) is 3.97. The normalized spacial score (nSPS) is 53.3. The van der Waals surface area contributed by atoms with Crippen molar-refractivity contribution < 1.29 is 4.79 Å². The van der Waals surface area contributed by atoms with Crippen molar-refractivity contribution in [2.24, 2.45) is 23.7 Å². The molecule has 1 amide bonds. The van der Waals surface area contributed by atoms with Gasteiger partial charge in [0, 0.05) is 12.0 Å². The lowest BCUT2D eigenvalue weighted by atomic mass is 9.84. The first-order valence-corrected chi connectivity index (χ1v) is 5.59. The van der Waals surface area contributed by atoms with Crippen LogP contribution in [0.2, 0.25) is 0 Å². The second-order valence-corrected chi connectivity index (χ2v) is 5.03. The van der Waals surface area contributed by atoms with Crippen molar-refractivity contribution in [3.05, 3.63) is 0 Å². The number of piperidine rings is 1. The molecule has 2 nitrogen and oxygen atoms in total. The first kappa shape index (κ1) is 7.84. The maximum atomic E-state index is 11.6. The second kappa shape index (κ2) is 2.49. The molecule has 2 saturated carbocycles. The average Bonchev–Trinajstić information content (AvgIpc) is 2.45. The highest BCUT2D eigenvalue weighted by Crippen LogP contribution is 2.52. The van der Waals surface area contributed by atoms with Crippen LogP contribution in [0, 0.1) is 23.7 Å². The van der Waals surface area contributed by atoms with Crippen LogP contribution < -0.4 is 5.32 Å². The highest BCUT2D eigenvalue weighted by Gasteiger charge is 2.57. The third-order valence-electron chi connectivity index (χ3n) is 4.56. The van der Waals surface area contributed by atoms with Crippen LogP contribution in [0.25, 0.3) is 0 Å². The largest absolute Gasteiger partial charge is 0.353 e. The maximum absolute atomic E-state index is 11.6. The van der Waals surface area contributed by atoms with Crippen molar-refractivity contribution in [2.75, 3.05) is 0 Å². The van der Waals surface area contributed by atoms with Crippen molar-refractivity contribution in [2.45, 2.75) is 38.6 Å². The zero-order chi connectivity index (χ0) is 9.00. The molecule has 0 aromatic carbocycles. The van der Waals surface area contributed by atoms with E-state index in [1.807, 2.05) is 0 Å². The van der Waals surface area contributed by atoms with Gasteiger partial charge in [-0.15, -0.1) is 0 Å². The van der Waals surface area contributed by atoms with E-state index in [2.05, 4.69) is 12.2 Å². The van der Waals surface area contributed by atoms with Gasteiger partial charge in [-0.25, -0.2) is 0 Å². The molecule has 0 aromatic rings. The van der Waals surface area contributed by atoms with Gasteiger partial charge in [0.05, 0.1) is 0 Å². The van der Waals surface area contributed by atoms with Crippen LogP contribution in [-0.4, -0.2) is 11.9 Å². The number of hydrogen-bond donors (Lipinski definition) is 1. The van der Waals surface area contributed by atoms with E-state index in [0.29, 0.717) is 29.7 Å². The lowest BCUT2D eigenvalue weighted by Crippen LogP contribution is -2.41. The van der Waals surface area contributed by atoms with Crippen LogP contribution in [0.3, 0.4) is 0 Å². The van der Waals surface area contributed by atoms with Gasteiger partial charge in [-0.05, 0) is 30.6 Å². The van der Waals surface area contributed by atoms with Gasteiger partial charge < -0.3 is 5.32 Å². The number of carbonyl (C=O) groups is 1. The molecule has 0 aromatic heterocycles. The van der Waals surface area contributed by atoms with E-state index >= 15 is 0 Å². The van der Waals surface area contributed by atoms with E-state index < -0.39 is 0 Å². The van der Waals surface area contributed by atoms with Gasteiger partial charge in [-0.1, -0.05) is 19.8 Å². The molecular weight excluding hydrogens is 162 g/mol. The Labute approximate surface area is 79.1 Å². The van der Waals surface area contributed by atoms with E-state index in [-0.39, 0.29) is 0 Å². The lowest BCUT2D eigenvalue weighted by Gasteiger charge is -2.28. The second-order valence-electron chi connectivity index (χ2n) is 5.03. The molecule has 4 bridgehead atoms. The third kappa shape index (κ3) is 0.866. The molecule has 1 N–H and O–H groups in total. The van der Waals surface area contributed by atoms with E-state index in [9.17, 15) is 4.79 Å². The third-order valence-corrected chi connectivity index (χ3v) is 4.56. The molecule has 1 saturated heterocycles. The number of carbonyl (C=O) groups excluding carboxylic acids is 1. The van der Waals surface area contributed by atoms with Gasteiger partial charge in [0.25, 0.3) is 0 Å². The predicted molar refractivity (Wildman–Crippen MR) is 50.0 cm³/mol. The van der Waals surface area contributed by atoms with Crippen LogP contribution in [0.4, 0.5) is 0 Å². The van der Waals surface area contributed by atoms with Crippen molar-refractivity contribution in [1.29, 1.82) is 0 Å². The summed E-state index contributed by atoms with van der Waals surface area (Å²) >= 11 is 0. The van der Waals surface area contributed by atoms with Crippen LogP contribution in [0.1, 0.15) is 32.6 Å². The summed E-state index contributed by atoms with van der Waals surface area (Å²) in [6.07, 6.45) is 5.28. The molecule has 1 heterocycles. The first-order chi connectivity index (χ1) is 6.29. The highest BCUT2D eigenvalue weighted by molar-refractivity contribution is 5.83. The summed E-state index contributed by atoms with van der Waals surface area (Å²) in [5, 5.41) is 3.16. The molecule has 3 rings (SSSR count). The number of nitrogens with one attached hydrogen (secondary N) is 1. The Bertz CT molecular complexity index is 242. The van der Waals surface area contributed by atoms with Gasteiger partial charge >= 0.3 is 0 Å². The summed E-state index contributed by atoms with van der Waals surface area (Å²) in [4.78, 5) is 11.6. The Balaban J connectivity index is 1.98. The predicted octanol–water partition coefficient (Wildman–Crippen LogP) is 1.56. The molecule has 1 aliphatic heterocycles. The summed E-state index contributed by atoms with van der Waals surface area (Å²) in [5.41, 5.74) is 0. The summed E-state index contributed by atoms with van der Waals surface area (Å²) in [6, 6.07) is 0.530. The van der Waals surface area contributed by atoms with Crippen LogP contribution in [0.5, 0.6) is 0 Å². The molecule has 0 spiro atoms. The summed E-state index contributed by atoms with van der Waals surface area (Å²) in [5.74, 6) is 2.90. The van der Waals surface area contributed by atoms with Gasteiger partial charge in [-0.3, -0.25) is 4.79 Å². The fourth-order valence-electron chi connectivity index (χ4n) is 3.97. The molecule has 13 heavy (non-hydrogen) atoms. The van der Waals surface area contributed by atoms with Gasteiger partial charge in [-0.2, -0.15) is 0 Å². The lowest BCUT2D eigenvalue weighted by molar-refractivity contribution is -0.126. The van der Waals surface area contributed by atoms with Gasteiger partial charge in [0.1, 0.15) is 0 Å². The molecular formula is C11H17NO. The Morgan fingerprint density at radius 1 is 1.23 bits per heavy atom. The highest BCUT2D eigenvalue weighted by atomic mass is 16.2. The Morgan fingerprint density at radius 2 is 1.92 bits per heavy atom. The summed E-state index contributed by atoms with van der Waals surface area (Å²) < 4.78 is 0. The SMILES string of the molecule is CC1C2CCCCC3C2C(=O)N[C@@H]13. The topological polar surface area (TPSA) is 29.1 Å². The molecule has 72 valence electrons. The van der Waals surface area contributed by atoms with E-state index in [1.165, 1.54) is 25.7 Å². The molecule has 2 aliphatic carbocycles. The minimum Gasteiger partial charge on any atom is -0.353 e.